The average Bonchev–Trinajstić information content (AvgIpc) is 2.54. The van der Waals surface area contributed by atoms with Crippen LogP contribution < -0.4 is 0 Å². The molecular weight excluding hydrogens is 323 g/mol. The summed E-state index contributed by atoms with van der Waals surface area (Å²) in [6.45, 7) is 4.22. The Balaban J connectivity index is 2.29. The van der Waals surface area contributed by atoms with E-state index in [1.165, 1.54) is 20.5 Å². The van der Waals surface area contributed by atoms with Gasteiger partial charge in [-0.1, -0.05) is 6.07 Å². The number of aromatic nitrogens is 1. The van der Waals surface area contributed by atoms with Crippen LogP contribution in [0.25, 0.3) is 0 Å². The standard InChI is InChI=1S/C14H15IN2/c1-10-7-12(11(2)17(10)3)9-16-14-6-4-5-13(15)8-14/h4-9H,1-3H3. The molecule has 1 heterocycles. The fraction of sp³-hybridized carbons (Fsp3) is 0.214. The van der Waals surface area contributed by atoms with Crippen molar-refractivity contribution >= 4 is 34.5 Å². The highest BCUT2D eigenvalue weighted by molar-refractivity contribution is 14.1. The van der Waals surface area contributed by atoms with Crippen LogP contribution in [0.1, 0.15) is 17.0 Å². The Morgan fingerprint density at radius 3 is 2.59 bits per heavy atom. The van der Waals surface area contributed by atoms with Crippen molar-refractivity contribution in [1.29, 1.82) is 0 Å². The van der Waals surface area contributed by atoms with Crippen molar-refractivity contribution in [2.45, 2.75) is 13.8 Å². The maximum absolute atomic E-state index is 4.51. The van der Waals surface area contributed by atoms with E-state index >= 15 is 0 Å². The molecule has 1 aromatic carbocycles. The van der Waals surface area contributed by atoms with Crippen LogP contribution in [0.2, 0.25) is 0 Å². The third-order valence-corrected chi connectivity index (χ3v) is 3.65. The van der Waals surface area contributed by atoms with Crippen LogP contribution in [0, 0.1) is 17.4 Å². The molecular formula is C14H15IN2. The summed E-state index contributed by atoms with van der Waals surface area (Å²) >= 11 is 2.30. The van der Waals surface area contributed by atoms with E-state index in [2.05, 4.69) is 71.2 Å². The Hall–Kier alpha value is -1.10. The molecule has 2 rings (SSSR count). The molecule has 17 heavy (non-hydrogen) atoms. The number of aryl methyl sites for hydroxylation is 1. The molecule has 2 aromatic rings. The van der Waals surface area contributed by atoms with Crippen LogP contribution >= 0.6 is 22.6 Å². The van der Waals surface area contributed by atoms with E-state index in [0.717, 1.165) is 5.69 Å². The maximum Gasteiger partial charge on any atom is 0.0640 e. The number of rotatable bonds is 2. The van der Waals surface area contributed by atoms with Crippen LogP contribution in [0.15, 0.2) is 35.3 Å². The van der Waals surface area contributed by atoms with Gasteiger partial charge in [-0.25, -0.2) is 0 Å². The zero-order valence-corrected chi connectivity index (χ0v) is 12.4. The van der Waals surface area contributed by atoms with Crippen molar-refractivity contribution < 1.29 is 0 Å². The highest BCUT2D eigenvalue weighted by atomic mass is 127. The van der Waals surface area contributed by atoms with Crippen LogP contribution in [0.4, 0.5) is 5.69 Å². The minimum atomic E-state index is 0.998. The summed E-state index contributed by atoms with van der Waals surface area (Å²) in [6, 6.07) is 10.3. The molecule has 0 saturated heterocycles. The molecule has 2 nitrogen and oxygen atoms in total. The van der Waals surface area contributed by atoms with Crippen LogP contribution in [0.5, 0.6) is 0 Å². The molecule has 0 bridgehead atoms. The fourth-order valence-electron chi connectivity index (χ4n) is 1.72. The van der Waals surface area contributed by atoms with Crippen molar-refractivity contribution in [3.05, 3.63) is 50.9 Å². The molecule has 0 fully saturated rings. The smallest absolute Gasteiger partial charge is 0.0640 e. The molecule has 0 atom stereocenters. The van der Waals surface area contributed by atoms with Crippen molar-refractivity contribution in [3.63, 3.8) is 0 Å². The van der Waals surface area contributed by atoms with Gasteiger partial charge < -0.3 is 4.57 Å². The highest BCUT2D eigenvalue weighted by Crippen LogP contribution is 2.17. The van der Waals surface area contributed by atoms with E-state index in [0.29, 0.717) is 0 Å². The summed E-state index contributed by atoms with van der Waals surface area (Å²) in [7, 11) is 2.08. The fourth-order valence-corrected chi connectivity index (χ4v) is 2.24. The average molecular weight is 338 g/mol. The Bertz CT molecular complexity index is 568. The molecule has 0 N–H and O–H groups in total. The Morgan fingerprint density at radius 1 is 1.24 bits per heavy atom. The number of benzene rings is 1. The topological polar surface area (TPSA) is 17.3 Å². The molecule has 0 aliphatic heterocycles. The zero-order valence-electron chi connectivity index (χ0n) is 10.2. The van der Waals surface area contributed by atoms with E-state index in [4.69, 9.17) is 0 Å². The van der Waals surface area contributed by atoms with Crippen molar-refractivity contribution in [3.8, 4) is 0 Å². The Morgan fingerprint density at radius 2 is 2.00 bits per heavy atom. The van der Waals surface area contributed by atoms with Gasteiger partial charge in [0.1, 0.15) is 0 Å². The molecule has 0 aliphatic rings. The lowest BCUT2D eigenvalue weighted by Crippen LogP contribution is -1.93. The first-order valence-electron chi connectivity index (χ1n) is 5.50. The molecule has 0 spiro atoms. The number of aliphatic imine (C=N–C) groups is 1. The lowest BCUT2D eigenvalue weighted by atomic mass is 10.2. The summed E-state index contributed by atoms with van der Waals surface area (Å²) in [6.07, 6.45) is 1.94. The third kappa shape index (κ3) is 2.77. The van der Waals surface area contributed by atoms with Crippen LogP contribution in [0.3, 0.4) is 0 Å². The minimum absolute atomic E-state index is 0.998. The summed E-state index contributed by atoms with van der Waals surface area (Å²) in [5.74, 6) is 0. The third-order valence-electron chi connectivity index (χ3n) is 2.98. The second-order valence-electron chi connectivity index (χ2n) is 4.12. The van der Waals surface area contributed by atoms with Gasteiger partial charge in [0, 0.05) is 33.8 Å². The Labute approximate surface area is 116 Å². The normalized spacial score (nSPS) is 11.3. The first-order valence-corrected chi connectivity index (χ1v) is 6.58. The van der Waals surface area contributed by atoms with Gasteiger partial charge >= 0.3 is 0 Å². The van der Waals surface area contributed by atoms with E-state index in [1.54, 1.807) is 0 Å². The zero-order chi connectivity index (χ0) is 12.4. The maximum atomic E-state index is 4.51. The Kier molecular flexibility index (Phi) is 3.66. The molecule has 88 valence electrons. The monoisotopic (exact) mass is 338 g/mol. The number of hydrogen-bond donors (Lipinski definition) is 0. The summed E-state index contributed by atoms with van der Waals surface area (Å²) in [5, 5.41) is 0. The second kappa shape index (κ2) is 5.04. The van der Waals surface area contributed by atoms with E-state index in [-0.39, 0.29) is 0 Å². The molecule has 3 heteroatoms. The summed E-state index contributed by atoms with van der Waals surface area (Å²) in [5.41, 5.74) is 4.69. The van der Waals surface area contributed by atoms with E-state index in [1.807, 2.05) is 18.3 Å². The van der Waals surface area contributed by atoms with Gasteiger partial charge in [0.25, 0.3) is 0 Å². The molecule has 0 saturated carbocycles. The van der Waals surface area contributed by atoms with Gasteiger partial charge in [-0.15, -0.1) is 0 Å². The number of halogens is 1. The quantitative estimate of drug-likeness (QED) is 0.582. The van der Waals surface area contributed by atoms with Gasteiger partial charge in [0.15, 0.2) is 0 Å². The van der Waals surface area contributed by atoms with Crippen molar-refractivity contribution in [2.75, 3.05) is 0 Å². The van der Waals surface area contributed by atoms with Gasteiger partial charge in [-0.2, -0.15) is 0 Å². The molecule has 0 radical (unpaired) electrons. The molecule has 0 aliphatic carbocycles. The lowest BCUT2D eigenvalue weighted by molar-refractivity contribution is 0.843. The van der Waals surface area contributed by atoms with Crippen molar-refractivity contribution in [2.24, 2.45) is 12.0 Å². The lowest BCUT2D eigenvalue weighted by Gasteiger charge is -1.99. The van der Waals surface area contributed by atoms with E-state index in [9.17, 15) is 0 Å². The molecule has 0 unspecified atom stereocenters. The predicted molar refractivity (Wildman–Crippen MR) is 81.3 cm³/mol. The first kappa shape index (κ1) is 12.4. The second-order valence-corrected chi connectivity index (χ2v) is 5.37. The molecule has 1 aromatic heterocycles. The minimum Gasteiger partial charge on any atom is -0.352 e. The van der Waals surface area contributed by atoms with Gasteiger partial charge in [0.2, 0.25) is 0 Å². The van der Waals surface area contributed by atoms with E-state index < -0.39 is 0 Å². The largest absolute Gasteiger partial charge is 0.352 e. The summed E-state index contributed by atoms with van der Waals surface area (Å²) in [4.78, 5) is 4.51. The summed E-state index contributed by atoms with van der Waals surface area (Å²) < 4.78 is 3.38. The van der Waals surface area contributed by atoms with Gasteiger partial charge in [-0.05, 0) is 60.7 Å². The molecule has 0 amide bonds. The van der Waals surface area contributed by atoms with Gasteiger partial charge in [0.05, 0.1) is 5.69 Å². The SMILES string of the molecule is Cc1cc(C=Nc2cccc(I)c2)c(C)n1C. The van der Waals surface area contributed by atoms with Crippen LogP contribution in [-0.4, -0.2) is 10.8 Å². The number of nitrogens with zero attached hydrogens (tertiary/aromatic N) is 2. The predicted octanol–water partition coefficient (Wildman–Crippen LogP) is 4.00. The number of hydrogen-bond acceptors (Lipinski definition) is 1. The highest BCUT2D eigenvalue weighted by Gasteiger charge is 2.02. The van der Waals surface area contributed by atoms with Gasteiger partial charge in [-0.3, -0.25) is 4.99 Å². The van der Waals surface area contributed by atoms with Crippen LogP contribution in [-0.2, 0) is 7.05 Å². The van der Waals surface area contributed by atoms with Crippen molar-refractivity contribution in [1.82, 2.24) is 4.57 Å². The first-order chi connectivity index (χ1) is 8.08.